The molecule has 0 aromatic heterocycles. The molecule has 4 aromatic carbocycles. The van der Waals surface area contributed by atoms with E-state index in [-0.39, 0.29) is 12.2 Å². The molecule has 2 unspecified atom stereocenters. The molecule has 0 fully saturated rings. The predicted octanol–water partition coefficient (Wildman–Crippen LogP) is 6.24. The molecule has 0 saturated heterocycles. The molecule has 0 saturated carbocycles. The summed E-state index contributed by atoms with van der Waals surface area (Å²) in [5.74, 6) is -1.79. The van der Waals surface area contributed by atoms with Crippen LogP contribution in [0.2, 0.25) is 0 Å². The van der Waals surface area contributed by atoms with Gasteiger partial charge in [0.1, 0.15) is 0 Å². The standard InChI is InChI=1S/2C13H10O2.C5H12O2/c2*14-13(15)12-8-6-11(7-9-12)10-4-2-1-3-5-10;1-4(6)3-5(2)7/h2*1-9H,(H,14,15);4-7H,3H2,1-2H3. The quantitative estimate of drug-likeness (QED) is 0.249. The van der Waals surface area contributed by atoms with Crippen LogP contribution >= 0.6 is 0 Å². The Hall–Kier alpha value is -4.26. The third-order valence-corrected chi connectivity index (χ3v) is 5.16. The number of carbonyl (C=O) groups is 2. The van der Waals surface area contributed by atoms with Crippen LogP contribution in [0.4, 0.5) is 0 Å². The molecule has 0 radical (unpaired) electrons. The van der Waals surface area contributed by atoms with E-state index in [1.165, 1.54) is 0 Å². The summed E-state index contributed by atoms with van der Waals surface area (Å²) in [5, 5.41) is 34.6. The summed E-state index contributed by atoms with van der Waals surface area (Å²) in [5.41, 5.74) is 4.87. The summed E-state index contributed by atoms with van der Waals surface area (Å²) in [4.78, 5) is 21.3. The fraction of sp³-hybridized carbons (Fsp3) is 0.161. The van der Waals surface area contributed by atoms with E-state index < -0.39 is 11.9 Å². The van der Waals surface area contributed by atoms with Gasteiger partial charge in [-0.05, 0) is 66.8 Å². The van der Waals surface area contributed by atoms with Gasteiger partial charge in [0.2, 0.25) is 0 Å². The smallest absolute Gasteiger partial charge is 0.335 e. The maximum Gasteiger partial charge on any atom is 0.335 e. The van der Waals surface area contributed by atoms with Gasteiger partial charge in [-0.1, -0.05) is 84.9 Å². The van der Waals surface area contributed by atoms with E-state index in [2.05, 4.69) is 0 Å². The lowest BCUT2D eigenvalue weighted by molar-refractivity contribution is 0.0686. The predicted molar refractivity (Wildman–Crippen MR) is 146 cm³/mol. The second-order valence-electron chi connectivity index (χ2n) is 8.43. The number of aliphatic hydroxyl groups excluding tert-OH is 2. The van der Waals surface area contributed by atoms with Crippen molar-refractivity contribution in [3.8, 4) is 22.3 Å². The molecule has 0 amide bonds. The zero-order valence-electron chi connectivity index (χ0n) is 20.9. The van der Waals surface area contributed by atoms with E-state index in [1.807, 2.05) is 84.9 Å². The normalized spacial score (nSPS) is 11.6. The first-order chi connectivity index (χ1) is 17.7. The zero-order chi connectivity index (χ0) is 27.2. The molecule has 4 aromatic rings. The van der Waals surface area contributed by atoms with Crippen LogP contribution in [-0.4, -0.2) is 44.6 Å². The molecule has 6 nitrogen and oxygen atoms in total. The number of rotatable bonds is 6. The zero-order valence-corrected chi connectivity index (χ0v) is 20.9. The lowest BCUT2D eigenvalue weighted by Crippen LogP contribution is -2.10. The summed E-state index contributed by atoms with van der Waals surface area (Å²) in [7, 11) is 0. The van der Waals surface area contributed by atoms with E-state index in [0.717, 1.165) is 22.3 Å². The van der Waals surface area contributed by atoms with Crippen molar-refractivity contribution in [2.45, 2.75) is 32.5 Å². The second-order valence-corrected chi connectivity index (χ2v) is 8.43. The minimum atomic E-state index is -0.894. The van der Waals surface area contributed by atoms with E-state index >= 15 is 0 Å². The van der Waals surface area contributed by atoms with Gasteiger partial charge in [0.05, 0.1) is 23.3 Å². The number of hydrogen-bond acceptors (Lipinski definition) is 4. The minimum absolute atomic E-state index is 0.315. The lowest BCUT2D eigenvalue weighted by Gasteiger charge is -2.04. The lowest BCUT2D eigenvalue weighted by atomic mass is 10.0. The maximum atomic E-state index is 10.6. The van der Waals surface area contributed by atoms with Crippen LogP contribution in [-0.2, 0) is 0 Å². The number of benzene rings is 4. The largest absolute Gasteiger partial charge is 0.478 e. The molecule has 0 heterocycles. The first-order valence-corrected chi connectivity index (χ1v) is 11.8. The van der Waals surface area contributed by atoms with Gasteiger partial charge >= 0.3 is 11.9 Å². The average Bonchev–Trinajstić information content (AvgIpc) is 2.90. The molecular formula is C31H32O6. The van der Waals surface area contributed by atoms with Gasteiger partial charge in [0.15, 0.2) is 0 Å². The highest BCUT2D eigenvalue weighted by Gasteiger charge is 2.03. The van der Waals surface area contributed by atoms with Crippen LogP contribution < -0.4 is 0 Å². The molecule has 0 aliphatic rings. The summed E-state index contributed by atoms with van der Waals surface area (Å²) < 4.78 is 0. The van der Waals surface area contributed by atoms with Crippen molar-refractivity contribution in [2.75, 3.05) is 0 Å². The van der Waals surface area contributed by atoms with Crippen molar-refractivity contribution in [3.63, 3.8) is 0 Å². The van der Waals surface area contributed by atoms with Crippen LogP contribution in [0.3, 0.4) is 0 Å². The SMILES string of the molecule is CC(O)CC(C)O.O=C(O)c1ccc(-c2ccccc2)cc1.O=C(O)c1ccc(-c2ccccc2)cc1. The van der Waals surface area contributed by atoms with Gasteiger partial charge in [0, 0.05) is 0 Å². The molecule has 4 rings (SSSR count). The van der Waals surface area contributed by atoms with Gasteiger partial charge < -0.3 is 20.4 Å². The Morgan fingerprint density at radius 1 is 0.514 bits per heavy atom. The summed E-state index contributed by atoms with van der Waals surface area (Å²) in [6.45, 7) is 3.32. The number of carboxylic acids is 2. The average molecular weight is 501 g/mol. The maximum absolute atomic E-state index is 10.6. The Balaban J connectivity index is 0.000000210. The molecule has 0 aliphatic heterocycles. The molecule has 0 bridgehead atoms. The highest BCUT2D eigenvalue weighted by Crippen LogP contribution is 2.20. The van der Waals surface area contributed by atoms with E-state index in [0.29, 0.717) is 17.5 Å². The Morgan fingerprint density at radius 3 is 1.00 bits per heavy atom. The van der Waals surface area contributed by atoms with E-state index in [4.69, 9.17) is 20.4 Å². The number of carboxylic acid groups (broad SMARTS) is 2. The molecule has 0 spiro atoms. The summed E-state index contributed by atoms with van der Waals surface area (Å²) in [6.07, 6.45) is -0.278. The summed E-state index contributed by atoms with van der Waals surface area (Å²) >= 11 is 0. The first kappa shape index (κ1) is 29.0. The third-order valence-electron chi connectivity index (χ3n) is 5.16. The van der Waals surface area contributed by atoms with Crippen LogP contribution in [0.1, 0.15) is 41.0 Å². The van der Waals surface area contributed by atoms with Gasteiger partial charge in [-0.3, -0.25) is 0 Å². The van der Waals surface area contributed by atoms with Crippen LogP contribution in [0.15, 0.2) is 109 Å². The van der Waals surface area contributed by atoms with Crippen LogP contribution in [0.25, 0.3) is 22.3 Å². The molecule has 37 heavy (non-hydrogen) atoms. The van der Waals surface area contributed by atoms with Gasteiger partial charge in [0.25, 0.3) is 0 Å². The molecular weight excluding hydrogens is 468 g/mol. The van der Waals surface area contributed by atoms with Gasteiger partial charge in [-0.25, -0.2) is 9.59 Å². The highest BCUT2D eigenvalue weighted by molar-refractivity contribution is 5.88. The molecule has 0 aliphatic carbocycles. The molecule has 192 valence electrons. The van der Waals surface area contributed by atoms with Crippen molar-refractivity contribution in [3.05, 3.63) is 120 Å². The highest BCUT2D eigenvalue weighted by atomic mass is 16.4. The number of hydrogen-bond donors (Lipinski definition) is 4. The third kappa shape index (κ3) is 10.5. The minimum Gasteiger partial charge on any atom is -0.478 e. The monoisotopic (exact) mass is 500 g/mol. The molecule has 4 N–H and O–H groups in total. The van der Waals surface area contributed by atoms with E-state index in [9.17, 15) is 9.59 Å². The van der Waals surface area contributed by atoms with Crippen molar-refractivity contribution >= 4 is 11.9 Å². The number of aromatic carboxylic acids is 2. The summed E-state index contributed by atoms with van der Waals surface area (Å²) in [6, 6.07) is 33.5. The van der Waals surface area contributed by atoms with Crippen molar-refractivity contribution in [2.24, 2.45) is 0 Å². The first-order valence-electron chi connectivity index (χ1n) is 11.8. The molecule has 6 heteroatoms. The van der Waals surface area contributed by atoms with E-state index in [1.54, 1.807) is 38.1 Å². The van der Waals surface area contributed by atoms with Gasteiger partial charge in [-0.15, -0.1) is 0 Å². The van der Waals surface area contributed by atoms with Crippen molar-refractivity contribution in [1.29, 1.82) is 0 Å². The number of aliphatic hydroxyl groups is 2. The topological polar surface area (TPSA) is 115 Å². The van der Waals surface area contributed by atoms with Gasteiger partial charge in [-0.2, -0.15) is 0 Å². The van der Waals surface area contributed by atoms with Crippen molar-refractivity contribution < 1.29 is 30.0 Å². The Kier molecular flexibility index (Phi) is 11.7. The Bertz CT molecular complexity index is 1120. The Labute approximate surface area is 217 Å². The Morgan fingerprint density at radius 2 is 0.784 bits per heavy atom. The second kappa shape index (κ2) is 15.0. The van der Waals surface area contributed by atoms with Crippen LogP contribution in [0, 0.1) is 0 Å². The van der Waals surface area contributed by atoms with Crippen LogP contribution in [0.5, 0.6) is 0 Å². The van der Waals surface area contributed by atoms with Crippen molar-refractivity contribution in [1.82, 2.24) is 0 Å². The molecule has 2 atom stereocenters. The fourth-order valence-electron chi connectivity index (χ4n) is 3.37. The fourth-order valence-corrected chi connectivity index (χ4v) is 3.37.